The minimum absolute atomic E-state index is 0.104. The van der Waals surface area contributed by atoms with E-state index in [9.17, 15) is 20.0 Å². The standard InChI is InChI=1S/C19H29NO8/c1-18(2,3)15(11-21)27-16(28-19(4,5)6)12-25-17(22)26-14-9-7-13(8-10-14)20(23)24/h7-10,15-16,21H,11-12H2,1-6H3. The number of benzene rings is 1. The lowest BCUT2D eigenvalue weighted by Crippen LogP contribution is -2.42. The molecule has 1 aromatic rings. The smallest absolute Gasteiger partial charge is 0.429 e. The van der Waals surface area contributed by atoms with E-state index in [1.807, 2.05) is 41.5 Å². The van der Waals surface area contributed by atoms with E-state index >= 15 is 0 Å². The molecule has 28 heavy (non-hydrogen) atoms. The van der Waals surface area contributed by atoms with Crippen molar-refractivity contribution in [3.05, 3.63) is 34.4 Å². The number of nitrogens with zero attached hydrogens (tertiary/aromatic N) is 1. The molecular weight excluding hydrogens is 370 g/mol. The zero-order valence-electron chi connectivity index (χ0n) is 17.1. The molecule has 2 atom stereocenters. The lowest BCUT2D eigenvalue weighted by Gasteiger charge is -2.35. The number of nitro groups is 1. The molecule has 1 aromatic carbocycles. The van der Waals surface area contributed by atoms with Gasteiger partial charge in [0.25, 0.3) is 5.69 Å². The Morgan fingerprint density at radius 1 is 1.14 bits per heavy atom. The SMILES string of the molecule is CC(C)(C)OC(COC(=O)Oc1ccc([N+](=O)[O-])cc1)OC(CO)C(C)(C)C. The summed E-state index contributed by atoms with van der Waals surface area (Å²) >= 11 is 0. The van der Waals surface area contributed by atoms with E-state index in [0.717, 1.165) is 0 Å². The highest BCUT2D eigenvalue weighted by Crippen LogP contribution is 2.25. The van der Waals surface area contributed by atoms with Gasteiger partial charge < -0.3 is 24.1 Å². The van der Waals surface area contributed by atoms with Crippen molar-refractivity contribution in [3.63, 3.8) is 0 Å². The first-order chi connectivity index (χ1) is 12.8. The summed E-state index contributed by atoms with van der Waals surface area (Å²) in [6.45, 7) is 10.7. The van der Waals surface area contributed by atoms with Crippen molar-refractivity contribution < 1.29 is 33.8 Å². The third-order valence-electron chi connectivity index (χ3n) is 3.52. The lowest BCUT2D eigenvalue weighted by molar-refractivity contribution is -0.384. The fraction of sp³-hybridized carbons (Fsp3) is 0.632. The first kappa shape index (κ1) is 23.8. The first-order valence-corrected chi connectivity index (χ1v) is 8.85. The molecule has 0 saturated carbocycles. The number of nitro benzene ring substituents is 1. The van der Waals surface area contributed by atoms with E-state index in [-0.39, 0.29) is 30.1 Å². The van der Waals surface area contributed by atoms with Gasteiger partial charge in [-0.15, -0.1) is 0 Å². The largest absolute Gasteiger partial charge is 0.514 e. The number of aliphatic hydroxyl groups is 1. The molecule has 0 bridgehead atoms. The average Bonchev–Trinajstić information content (AvgIpc) is 2.55. The molecule has 1 N–H and O–H groups in total. The summed E-state index contributed by atoms with van der Waals surface area (Å²) in [7, 11) is 0. The van der Waals surface area contributed by atoms with Crippen LogP contribution in [-0.4, -0.2) is 47.4 Å². The Morgan fingerprint density at radius 2 is 1.71 bits per heavy atom. The number of hydrogen-bond donors (Lipinski definition) is 1. The van der Waals surface area contributed by atoms with Gasteiger partial charge in [0, 0.05) is 12.1 Å². The molecule has 0 aromatic heterocycles. The number of non-ortho nitro benzene ring substituents is 1. The highest BCUT2D eigenvalue weighted by molar-refractivity contribution is 5.64. The van der Waals surface area contributed by atoms with Crippen molar-refractivity contribution in [1.29, 1.82) is 0 Å². The van der Waals surface area contributed by atoms with Crippen LogP contribution in [0.2, 0.25) is 0 Å². The lowest BCUT2D eigenvalue weighted by atomic mass is 9.89. The number of ether oxygens (including phenoxy) is 4. The molecule has 0 saturated heterocycles. The maximum absolute atomic E-state index is 11.9. The van der Waals surface area contributed by atoms with Crippen LogP contribution in [0.15, 0.2) is 24.3 Å². The van der Waals surface area contributed by atoms with Crippen molar-refractivity contribution in [2.24, 2.45) is 5.41 Å². The Kier molecular flexibility index (Phi) is 8.34. The third-order valence-corrected chi connectivity index (χ3v) is 3.52. The van der Waals surface area contributed by atoms with E-state index < -0.39 is 29.1 Å². The highest BCUT2D eigenvalue weighted by Gasteiger charge is 2.31. The maximum Gasteiger partial charge on any atom is 0.514 e. The molecule has 0 aliphatic heterocycles. The van der Waals surface area contributed by atoms with E-state index in [2.05, 4.69) is 0 Å². The summed E-state index contributed by atoms with van der Waals surface area (Å²) in [6.07, 6.45) is -2.45. The molecule has 2 unspecified atom stereocenters. The minimum atomic E-state index is -1.00. The molecule has 0 aliphatic carbocycles. The number of aliphatic hydroxyl groups excluding tert-OH is 1. The van der Waals surface area contributed by atoms with Gasteiger partial charge in [-0.25, -0.2) is 4.79 Å². The van der Waals surface area contributed by atoms with E-state index in [4.69, 9.17) is 18.9 Å². The van der Waals surface area contributed by atoms with Crippen LogP contribution >= 0.6 is 0 Å². The quantitative estimate of drug-likeness (QED) is 0.231. The molecule has 0 heterocycles. The molecular formula is C19H29NO8. The molecule has 9 nitrogen and oxygen atoms in total. The number of rotatable bonds is 8. The second-order valence-electron chi connectivity index (χ2n) is 8.25. The predicted octanol–water partition coefficient (Wildman–Crippen LogP) is 3.68. The van der Waals surface area contributed by atoms with Gasteiger partial charge in [-0.05, 0) is 38.3 Å². The van der Waals surface area contributed by atoms with Crippen LogP contribution in [0.4, 0.5) is 10.5 Å². The zero-order valence-corrected chi connectivity index (χ0v) is 17.1. The predicted molar refractivity (Wildman–Crippen MR) is 101 cm³/mol. The number of carbonyl (C=O) groups excluding carboxylic acids is 1. The van der Waals surface area contributed by atoms with E-state index in [0.29, 0.717) is 0 Å². The van der Waals surface area contributed by atoms with Crippen molar-refractivity contribution >= 4 is 11.8 Å². The van der Waals surface area contributed by atoms with Gasteiger partial charge in [0.2, 0.25) is 0 Å². The van der Waals surface area contributed by atoms with Crippen LogP contribution in [0.1, 0.15) is 41.5 Å². The summed E-state index contributed by atoms with van der Waals surface area (Å²) in [5.74, 6) is 0.104. The maximum atomic E-state index is 11.9. The van der Waals surface area contributed by atoms with Gasteiger partial charge in [-0.3, -0.25) is 10.1 Å². The van der Waals surface area contributed by atoms with Crippen LogP contribution < -0.4 is 4.74 Å². The Morgan fingerprint density at radius 3 is 2.14 bits per heavy atom. The normalized spacial score (nSPS) is 14.2. The molecule has 0 fully saturated rings. The monoisotopic (exact) mass is 399 g/mol. The fourth-order valence-electron chi connectivity index (χ4n) is 2.10. The van der Waals surface area contributed by atoms with Crippen molar-refractivity contribution in [2.75, 3.05) is 13.2 Å². The molecule has 0 spiro atoms. The van der Waals surface area contributed by atoms with Gasteiger partial charge >= 0.3 is 6.16 Å². The second-order valence-corrected chi connectivity index (χ2v) is 8.25. The van der Waals surface area contributed by atoms with Crippen LogP contribution in [0.25, 0.3) is 0 Å². The van der Waals surface area contributed by atoms with Crippen LogP contribution in [-0.2, 0) is 14.2 Å². The van der Waals surface area contributed by atoms with E-state index in [1.165, 1.54) is 24.3 Å². The van der Waals surface area contributed by atoms with Gasteiger partial charge in [-0.2, -0.15) is 0 Å². The zero-order chi connectivity index (χ0) is 21.5. The molecule has 0 aliphatic rings. The minimum Gasteiger partial charge on any atom is -0.429 e. The molecule has 0 radical (unpaired) electrons. The summed E-state index contributed by atoms with van der Waals surface area (Å²) in [6, 6.07) is 5.01. The van der Waals surface area contributed by atoms with Crippen molar-refractivity contribution in [2.45, 2.75) is 59.5 Å². The Bertz CT molecular complexity index is 645. The van der Waals surface area contributed by atoms with Crippen LogP contribution in [0.5, 0.6) is 5.75 Å². The van der Waals surface area contributed by atoms with Crippen LogP contribution in [0.3, 0.4) is 0 Å². The number of hydrogen-bond acceptors (Lipinski definition) is 8. The van der Waals surface area contributed by atoms with Gasteiger partial charge in [0.1, 0.15) is 12.4 Å². The summed E-state index contributed by atoms with van der Waals surface area (Å²) in [4.78, 5) is 22.0. The molecule has 0 amide bonds. The summed E-state index contributed by atoms with van der Waals surface area (Å²) < 4.78 is 21.6. The Hall–Kier alpha value is -2.23. The summed E-state index contributed by atoms with van der Waals surface area (Å²) in [5.41, 5.74) is -1.05. The number of carbonyl (C=O) groups is 1. The van der Waals surface area contributed by atoms with Crippen molar-refractivity contribution in [1.82, 2.24) is 0 Å². The summed E-state index contributed by atoms with van der Waals surface area (Å²) in [5, 5.41) is 20.2. The Balaban J connectivity index is 2.69. The third kappa shape index (κ3) is 8.64. The Labute approximate surface area is 164 Å². The topological polar surface area (TPSA) is 117 Å². The van der Waals surface area contributed by atoms with Gasteiger partial charge in [0.15, 0.2) is 6.29 Å². The highest BCUT2D eigenvalue weighted by atomic mass is 16.8. The molecule has 1 rings (SSSR count). The molecule has 158 valence electrons. The van der Waals surface area contributed by atoms with Gasteiger partial charge in [0.05, 0.1) is 23.2 Å². The second kappa shape index (κ2) is 9.81. The van der Waals surface area contributed by atoms with Gasteiger partial charge in [-0.1, -0.05) is 20.8 Å². The fourth-order valence-corrected chi connectivity index (χ4v) is 2.10. The molecule has 9 heteroatoms. The average molecular weight is 399 g/mol. The van der Waals surface area contributed by atoms with Crippen molar-refractivity contribution in [3.8, 4) is 5.75 Å². The van der Waals surface area contributed by atoms with E-state index in [1.54, 1.807) is 0 Å². The van der Waals surface area contributed by atoms with Crippen LogP contribution in [0, 0.1) is 15.5 Å². The first-order valence-electron chi connectivity index (χ1n) is 8.85.